The SMILES string of the molecule is CC(=O)OC1=C(c2cc(-c3ccc(F)cc3)ccc2C)C(=O)OC12CCCCC2. The molecule has 0 bridgehead atoms. The molecule has 1 spiro atoms. The lowest BCUT2D eigenvalue weighted by atomic mass is 9.82. The molecule has 29 heavy (non-hydrogen) atoms. The highest BCUT2D eigenvalue weighted by Gasteiger charge is 2.51. The normalized spacial score (nSPS) is 18.1. The van der Waals surface area contributed by atoms with Crippen LogP contribution in [0.1, 0.15) is 50.2 Å². The van der Waals surface area contributed by atoms with E-state index in [-0.39, 0.29) is 5.82 Å². The van der Waals surface area contributed by atoms with Gasteiger partial charge in [0.15, 0.2) is 11.4 Å². The fourth-order valence-corrected chi connectivity index (χ4v) is 4.28. The van der Waals surface area contributed by atoms with Gasteiger partial charge < -0.3 is 9.47 Å². The number of carbonyl (C=O) groups excluding carboxylic acids is 2. The molecule has 2 aliphatic rings. The van der Waals surface area contributed by atoms with Crippen molar-refractivity contribution in [1.82, 2.24) is 0 Å². The molecular formula is C24H23FO4. The van der Waals surface area contributed by atoms with Crippen LogP contribution < -0.4 is 0 Å². The van der Waals surface area contributed by atoms with Gasteiger partial charge in [-0.3, -0.25) is 4.79 Å². The fourth-order valence-electron chi connectivity index (χ4n) is 4.28. The van der Waals surface area contributed by atoms with Crippen LogP contribution in [0.5, 0.6) is 0 Å². The third-order valence-corrected chi connectivity index (χ3v) is 5.72. The first-order valence-electron chi connectivity index (χ1n) is 9.93. The summed E-state index contributed by atoms with van der Waals surface area (Å²) in [4.78, 5) is 24.8. The molecule has 0 saturated heterocycles. The van der Waals surface area contributed by atoms with Crippen molar-refractivity contribution >= 4 is 17.5 Å². The second-order valence-corrected chi connectivity index (χ2v) is 7.78. The summed E-state index contributed by atoms with van der Waals surface area (Å²) in [6.45, 7) is 3.24. The van der Waals surface area contributed by atoms with Crippen LogP contribution in [0.3, 0.4) is 0 Å². The highest BCUT2D eigenvalue weighted by atomic mass is 19.1. The number of rotatable bonds is 3. The molecular weight excluding hydrogens is 371 g/mol. The van der Waals surface area contributed by atoms with Crippen molar-refractivity contribution < 1.29 is 23.5 Å². The Balaban J connectivity index is 1.87. The van der Waals surface area contributed by atoms with Crippen LogP contribution in [0.4, 0.5) is 4.39 Å². The van der Waals surface area contributed by atoms with Crippen LogP contribution >= 0.6 is 0 Å². The Hall–Kier alpha value is -2.95. The highest BCUT2D eigenvalue weighted by Crippen LogP contribution is 2.47. The first kappa shape index (κ1) is 19.4. The standard InChI is InChI=1S/C24H23FO4/c1-15-6-7-18(17-8-10-19(25)11-9-17)14-20(15)21-22(28-16(2)26)24(29-23(21)27)12-4-3-5-13-24/h6-11,14H,3-5,12-13H2,1-2H3. The van der Waals surface area contributed by atoms with E-state index >= 15 is 0 Å². The van der Waals surface area contributed by atoms with E-state index < -0.39 is 17.5 Å². The Bertz CT molecular complexity index is 998. The summed E-state index contributed by atoms with van der Waals surface area (Å²) in [5.74, 6) is -0.885. The van der Waals surface area contributed by atoms with Gasteiger partial charge in [-0.15, -0.1) is 0 Å². The zero-order valence-corrected chi connectivity index (χ0v) is 16.6. The van der Waals surface area contributed by atoms with Crippen molar-refractivity contribution in [3.63, 3.8) is 0 Å². The van der Waals surface area contributed by atoms with Crippen LogP contribution in [0.25, 0.3) is 16.7 Å². The van der Waals surface area contributed by atoms with Gasteiger partial charge in [0, 0.05) is 6.92 Å². The van der Waals surface area contributed by atoms with Gasteiger partial charge in [-0.1, -0.05) is 30.7 Å². The number of carbonyl (C=O) groups is 2. The number of aryl methyl sites for hydroxylation is 1. The Morgan fingerprint density at radius 1 is 1.03 bits per heavy atom. The van der Waals surface area contributed by atoms with Gasteiger partial charge in [0.1, 0.15) is 11.4 Å². The molecule has 5 heteroatoms. The Kier molecular flexibility index (Phi) is 4.99. The van der Waals surface area contributed by atoms with Crippen molar-refractivity contribution in [3.05, 3.63) is 65.2 Å². The van der Waals surface area contributed by atoms with E-state index in [2.05, 4.69) is 0 Å². The lowest BCUT2D eigenvalue weighted by Gasteiger charge is -2.33. The zero-order chi connectivity index (χ0) is 20.6. The number of ether oxygens (including phenoxy) is 2. The van der Waals surface area contributed by atoms with E-state index in [1.165, 1.54) is 19.1 Å². The molecule has 1 heterocycles. The largest absolute Gasteiger partial charge is 0.447 e. The van der Waals surface area contributed by atoms with E-state index in [4.69, 9.17) is 9.47 Å². The first-order chi connectivity index (χ1) is 13.9. The van der Waals surface area contributed by atoms with Crippen molar-refractivity contribution in [1.29, 1.82) is 0 Å². The lowest BCUT2D eigenvalue weighted by Crippen LogP contribution is -2.36. The van der Waals surface area contributed by atoms with Crippen molar-refractivity contribution in [2.75, 3.05) is 0 Å². The minimum absolute atomic E-state index is 0.306. The molecule has 0 unspecified atom stereocenters. The minimum atomic E-state index is -0.853. The maximum Gasteiger partial charge on any atom is 0.343 e. The summed E-state index contributed by atoms with van der Waals surface area (Å²) in [5.41, 5.74) is 2.70. The van der Waals surface area contributed by atoms with Crippen LogP contribution in [-0.4, -0.2) is 17.5 Å². The number of benzene rings is 2. The molecule has 1 fully saturated rings. The maximum atomic E-state index is 13.3. The molecule has 4 rings (SSSR count). The second-order valence-electron chi connectivity index (χ2n) is 7.78. The molecule has 0 aromatic heterocycles. The van der Waals surface area contributed by atoms with E-state index in [0.29, 0.717) is 29.7 Å². The van der Waals surface area contributed by atoms with E-state index in [9.17, 15) is 14.0 Å². The monoisotopic (exact) mass is 394 g/mol. The minimum Gasteiger partial charge on any atom is -0.447 e. The van der Waals surface area contributed by atoms with Gasteiger partial charge in [0.25, 0.3) is 0 Å². The number of halogens is 1. The van der Waals surface area contributed by atoms with Gasteiger partial charge in [0.05, 0.1) is 0 Å². The van der Waals surface area contributed by atoms with Crippen molar-refractivity contribution in [2.45, 2.75) is 51.6 Å². The molecule has 1 aliphatic heterocycles. The van der Waals surface area contributed by atoms with Gasteiger partial charge in [-0.05, 0) is 73.1 Å². The average Bonchev–Trinajstić information content (AvgIpc) is 2.94. The molecule has 2 aromatic rings. The van der Waals surface area contributed by atoms with Gasteiger partial charge in [-0.25, -0.2) is 9.18 Å². The predicted molar refractivity (Wildman–Crippen MR) is 107 cm³/mol. The Morgan fingerprint density at radius 3 is 2.34 bits per heavy atom. The lowest BCUT2D eigenvalue weighted by molar-refractivity contribution is -0.154. The highest BCUT2D eigenvalue weighted by molar-refractivity contribution is 6.20. The molecule has 1 aliphatic carbocycles. The number of hydrogen-bond acceptors (Lipinski definition) is 4. The van der Waals surface area contributed by atoms with Crippen LogP contribution in [0, 0.1) is 12.7 Å². The molecule has 150 valence electrons. The summed E-state index contributed by atoms with van der Waals surface area (Å²) in [5, 5.41) is 0. The molecule has 0 amide bonds. The summed E-state index contributed by atoms with van der Waals surface area (Å²) in [6.07, 6.45) is 4.21. The fraction of sp³-hybridized carbons (Fsp3) is 0.333. The van der Waals surface area contributed by atoms with Crippen molar-refractivity contribution in [3.8, 4) is 11.1 Å². The smallest absolute Gasteiger partial charge is 0.343 e. The third-order valence-electron chi connectivity index (χ3n) is 5.72. The molecule has 0 N–H and O–H groups in total. The topological polar surface area (TPSA) is 52.6 Å². The second kappa shape index (κ2) is 7.47. The molecule has 2 aromatic carbocycles. The summed E-state index contributed by atoms with van der Waals surface area (Å²) in [7, 11) is 0. The van der Waals surface area contributed by atoms with Gasteiger partial charge in [-0.2, -0.15) is 0 Å². The third kappa shape index (κ3) is 3.57. The van der Waals surface area contributed by atoms with E-state index in [1.807, 2.05) is 25.1 Å². The van der Waals surface area contributed by atoms with Gasteiger partial charge >= 0.3 is 11.9 Å². The first-order valence-corrected chi connectivity index (χ1v) is 9.93. The molecule has 1 saturated carbocycles. The molecule has 4 nitrogen and oxygen atoms in total. The predicted octanol–water partition coefficient (Wildman–Crippen LogP) is 5.34. The quantitative estimate of drug-likeness (QED) is 0.660. The average molecular weight is 394 g/mol. The van der Waals surface area contributed by atoms with Crippen LogP contribution in [0.15, 0.2) is 48.2 Å². The Morgan fingerprint density at radius 2 is 1.69 bits per heavy atom. The van der Waals surface area contributed by atoms with Gasteiger partial charge in [0.2, 0.25) is 0 Å². The number of esters is 2. The molecule has 0 atom stereocenters. The summed E-state index contributed by atoms with van der Waals surface area (Å²) in [6, 6.07) is 11.9. The van der Waals surface area contributed by atoms with E-state index in [1.54, 1.807) is 12.1 Å². The van der Waals surface area contributed by atoms with Crippen LogP contribution in [0.2, 0.25) is 0 Å². The van der Waals surface area contributed by atoms with Crippen LogP contribution in [-0.2, 0) is 19.1 Å². The molecule has 0 radical (unpaired) electrons. The Labute approximate surface area is 169 Å². The summed E-state index contributed by atoms with van der Waals surface area (Å²) >= 11 is 0. The number of hydrogen-bond donors (Lipinski definition) is 0. The zero-order valence-electron chi connectivity index (χ0n) is 16.6. The summed E-state index contributed by atoms with van der Waals surface area (Å²) < 4.78 is 24.8. The maximum absolute atomic E-state index is 13.3. The van der Waals surface area contributed by atoms with Crippen molar-refractivity contribution in [2.24, 2.45) is 0 Å². The van der Waals surface area contributed by atoms with E-state index in [0.717, 1.165) is 36.0 Å².